The molecule has 1 atom stereocenters. The van der Waals surface area contributed by atoms with Crippen molar-refractivity contribution in [2.45, 2.75) is 38.8 Å². The number of nitrogens with zero attached hydrogens (tertiary/aromatic N) is 5. The SMILES string of the molecule is Cc1ncoc1C(=O)NC1CCc2nnc(-c3cccnc3)n2CC1. The first-order valence-electron chi connectivity index (χ1n) is 8.26. The van der Waals surface area contributed by atoms with Crippen LogP contribution in [0.2, 0.25) is 0 Å². The number of hydrogen-bond donors (Lipinski definition) is 1. The summed E-state index contributed by atoms with van der Waals surface area (Å²) in [4.78, 5) is 20.4. The fourth-order valence-corrected chi connectivity index (χ4v) is 3.11. The molecule has 3 aromatic rings. The van der Waals surface area contributed by atoms with Crippen molar-refractivity contribution in [3.8, 4) is 11.4 Å². The zero-order valence-electron chi connectivity index (χ0n) is 13.8. The fraction of sp³-hybridized carbons (Fsp3) is 0.353. The number of fused-ring (bicyclic) bond motifs is 1. The zero-order valence-corrected chi connectivity index (χ0v) is 13.8. The number of aryl methyl sites for hydroxylation is 2. The van der Waals surface area contributed by atoms with E-state index < -0.39 is 0 Å². The maximum absolute atomic E-state index is 12.3. The van der Waals surface area contributed by atoms with Gasteiger partial charge in [-0.25, -0.2) is 4.98 Å². The van der Waals surface area contributed by atoms with Gasteiger partial charge in [0.2, 0.25) is 5.76 Å². The Balaban J connectivity index is 1.48. The van der Waals surface area contributed by atoms with Crippen molar-refractivity contribution < 1.29 is 9.21 Å². The largest absolute Gasteiger partial charge is 0.438 e. The quantitative estimate of drug-likeness (QED) is 0.781. The summed E-state index contributed by atoms with van der Waals surface area (Å²) >= 11 is 0. The van der Waals surface area contributed by atoms with Gasteiger partial charge in [-0.15, -0.1) is 10.2 Å². The van der Waals surface area contributed by atoms with Crippen molar-refractivity contribution in [2.75, 3.05) is 0 Å². The van der Waals surface area contributed by atoms with Crippen LogP contribution in [0.25, 0.3) is 11.4 Å². The van der Waals surface area contributed by atoms with Crippen LogP contribution >= 0.6 is 0 Å². The van der Waals surface area contributed by atoms with E-state index in [9.17, 15) is 4.79 Å². The van der Waals surface area contributed by atoms with Gasteiger partial charge in [-0.05, 0) is 31.9 Å². The summed E-state index contributed by atoms with van der Waals surface area (Å²) in [6.07, 6.45) is 7.18. The molecule has 0 aromatic carbocycles. The first-order chi connectivity index (χ1) is 12.2. The number of rotatable bonds is 3. The second-order valence-corrected chi connectivity index (χ2v) is 6.10. The maximum Gasteiger partial charge on any atom is 0.289 e. The summed E-state index contributed by atoms with van der Waals surface area (Å²) in [7, 11) is 0. The summed E-state index contributed by atoms with van der Waals surface area (Å²) in [5, 5.41) is 11.7. The molecule has 0 radical (unpaired) electrons. The number of aromatic nitrogens is 5. The van der Waals surface area contributed by atoms with Crippen molar-refractivity contribution in [1.82, 2.24) is 30.0 Å². The van der Waals surface area contributed by atoms with E-state index >= 15 is 0 Å². The number of oxazole rings is 1. The molecule has 0 spiro atoms. The Kier molecular flexibility index (Phi) is 4.01. The lowest BCUT2D eigenvalue weighted by molar-refractivity contribution is 0.0904. The molecule has 4 rings (SSSR count). The third-order valence-electron chi connectivity index (χ3n) is 4.45. The van der Waals surface area contributed by atoms with Crippen molar-refractivity contribution in [1.29, 1.82) is 0 Å². The van der Waals surface area contributed by atoms with Gasteiger partial charge in [0.15, 0.2) is 12.2 Å². The van der Waals surface area contributed by atoms with Crippen molar-refractivity contribution in [3.63, 3.8) is 0 Å². The number of carbonyl (C=O) groups excluding carboxylic acids is 1. The van der Waals surface area contributed by atoms with Crippen LogP contribution in [0.5, 0.6) is 0 Å². The Morgan fingerprint density at radius 2 is 2.28 bits per heavy atom. The Labute approximate surface area is 144 Å². The minimum Gasteiger partial charge on any atom is -0.438 e. The third-order valence-corrected chi connectivity index (χ3v) is 4.45. The minimum atomic E-state index is -0.217. The second kappa shape index (κ2) is 6.46. The highest BCUT2D eigenvalue weighted by molar-refractivity contribution is 5.92. The molecule has 1 aliphatic heterocycles. The first kappa shape index (κ1) is 15.5. The van der Waals surface area contributed by atoms with Crippen LogP contribution in [-0.4, -0.2) is 36.7 Å². The Bertz CT molecular complexity index is 886. The third kappa shape index (κ3) is 3.02. The van der Waals surface area contributed by atoms with E-state index in [2.05, 4.69) is 30.0 Å². The molecule has 0 bridgehead atoms. The second-order valence-electron chi connectivity index (χ2n) is 6.10. The van der Waals surface area contributed by atoms with Gasteiger partial charge in [-0.2, -0.15) is 0 Å². The van der Waals surface area contributed by atoms with Crippen LogP contribution < -0.4 is 5.32 Å². The van der Waals surface area contributed by atoms with E-state index in [1.807, 2.05) is 12.1 Å². The summed E-state index contributed by atoms with van der Waals surface area (Å²) in [6.45, 7) is 2.50. The molecule has 0 fully saturated rings. The molecule has 1 unspecified atom stereocenters. The molecular formula is C17H18N6O2. The van der Waals surface area contributed by atoms with Gasteiger partial charge in [-0.3, -0.25) is 9.78 Å². The molecule has 128 valence electrons. The molecule has 4 heterocycles. The first-order valence-corrected chi connectivity index (χ1v) is 8.26. The highest BCUT2D eigenvalue weighted by atomic mass is 16.3. The van der Waals surface area contributed by atoms with Crippen LogP contribution in [0.15, 0.2) is 35.3 Å². The molecular weight excluding hydrogens is 320 g/mol. The number of nitrogens with one attached hydrogen (secondary N) is 1. The van der Waals surface area contributed by atoms with Crippen LogP contribution in [0, 0.1) is 6.92 Å². The number of pyridine rings is 1. The highest BCUT2D eigenvalue weighted by Gasteiger charge is 2.24. The van der Waals surface area contributed by atoms with Crippen LogP contribution in [0.4, 0.5) is 0 Å². The summed E-state index contributed by atoms with van der Waals surface area (Å²) < 4.78 is 7.28. The van der Waals surface area contributed by atoms with Gasteiger partial charge >= 0.3 is 0 Å². The molecule has 0 saturated heterocycles. The van der Waals surface area contributed by atoms with E-state index in [-0.39, 0.29) is 17.7 Å². The monoisotopic (exact) mass is 338 g/mol. The average Bonchev–Trinajstić information content (AvgIpc) is 3.19. The molecule has 1 N–H and O–H groups in total. The van der Waals surface area contributed by atoms with E-state index in [0.29, 0.717) is 5.69 Å². The van der Waals surface area contributed by atoms with Crippen molar-refractivity contribution >= 4 is 5.91 Å². The standard InChI is InChI=1S/C17H18N6O2/c1-11-15(25-10-19-11)17(24)20-13-4-5-14-21-22-16(23(14)8-6-13)12-3-2-7-18-9-12/h2-3,7,9-10,13H,4-6,8H2,1H3,(H,20,24). The molecule has 8 nitrogen and oxygen atoms in total. The maximum atomic E-state index is 12.3. The number of amides is 1. The normalized spacial score (nSPS) is 16.9. The lowest BCUT2D eigenvalue weighted by Gasteiger charge is -2.15. The van der Waals surface area contributed by atoms with Gasteiger partial charge in [0, 0.05) is 37.0 Å². The van der Waals surface area contributed by atoms with Crippen LogP contribution in [0.3, 0.4) is 0 Å². The lowest BCUT2D eigenvalue weighted by atomic mass is 10.1. The van der Waals surface area contributed by atoms with E-state index in [1.54, 1.807) is 19.3 Å². The smallest absolute Gasteiger partial charge is 0.289 e. The van der Waals surface area contributed by atoms with Gasteiger partial charge in [0.25, 0.3) is 5.91 Å². The van der Waals surface area contributed by atoms with Crippen molar-refractivity contribution in [3.05, 3.63) is 48.2 Å². The average molecular weight is 338 g/mol. The van der Waals surface area contributed by atoms with E-state index in [0.717, 1.165) is 43.0 Å². The molecule has 0 aliphatic carbocycles. The van der Waals surface area contributed by atoms with Gasteiger partial charge < -0.3 is 14.3 Å². The molecule has 1 aliphatic rings. The van der Waals surface area contributed by atoms with E-state index in [4.69, 9.17) is 4.42 Å². The summed E-state index contributed by atoms with van der Waals surface area (Å²) in [6, 6.07) is 3.91. The Morgan fingerprint density at radius 1 is 1.36 bits per heavy atom. The topological polar surface area (TPSA) is 98.7 Å². The van der Waals surface area contributed by atoms with E-state index in [1.165, 1.54) is 6.39 Å². The summed E-state index contributed by atoms with van der Waals surface area (Å²) in [5.41, 5.74) is 1.54. The Hall–Kier alpha value is -3.03. The Morgan fingerprint density at radius 3 is 3.04 bits per heavy atom. The fourth-order valence-electron chi connectivity index (χ4n) is 3.11. The molecule has 25 heavy (non-hydrogen) atoms. The van der Waals surface area contributed by atoms with Crippen LogP contribution in [-0.2, 0) is 13.0 Å². The highest BCUT2D eigenvalue weighted by Crippen LogP contribution is 2.22. The summed E-state index contributed by atoms with van der Waals surface area (Å²) in [5.74, 6) is 1.82. The minimum absolute atomic E-state index is 0.0560. The number of carbonyl (C=O) groups is 1. The predicted octanol–water partition coefficient (Wildman–Crippen LogP) is 1.77. The molecule has 0 saturated carbocycles. The molecule has 8 heteroatoms. The number of hydrogen-bond acceptors (Lipinski definition) is 6. The molecule has 1 amide bonds. The van der Waals surface area contributed by atoms with Gasteiger partial charge in [0.1, 0.15) is 5.82 Å². The van der Waals surface area contributed by atoms with Crippen molar-refractivity contribution in [2.24, 2.45) is 0 Å². The van der Waals surface area contributed by atoms with Gasteiger partial charge in [0.05, 0.1) is 5.69 Å². The predicted molar refractivity (Wildman–Crippen MR) is 88.7 cm³/mol. The van der Waals surface area contributed by atoms with Gasteiger partial charge in [-0.1, -0.05) is 0 Å². The van der Waals surface area contributed by atoms with Crippen LogP contribution in [0.1, 0.15) is 34.9 Å². The zero-order chi connectivity index (χ0) is 17.2. The molecule has 3 aromatic heterocycles. The lowest BCUT2D eigenvalue weighted by Crippen LogP contribution is -2.35.